The van der Waals surface area contributed by atoms with Crippen LogP contribution in [-0.2, 0) is 13.4 Å². The van der Waals surface area contributed by atoms with Crippen molar-refractivity contribution in [1.29, 1.82) is 0 Å². The second-order valence-electron chi connectivity index (χ2n) is 0.976. The van der Waals surface area contributed by atoms with E-state index in [0.717, 1.165) is 0 Å². The first-order valence-corrected chi connectivity index (χ1v) is 4.38. The fourth-order valence-electron chi connectivity index (χ4n) is 0.122. The molecule has 11 heteroatoms. The second kappa shape index (κ2) is 7.50. The fraction of sp³-hybridized carbons (Fsp3) is 0. The summed E-state index contributed by atoms with van der Waals surface area (Å²) in [6.07, 6.45) is 0. The molecule has 0 saturated carbocycles. The molecular weight excluding hydrogens is 349 g/mol. The number of hydrogen-bond donors (Lipinski definition) is 0. The van der Waals surface area contributed by atoms with Gasteiger partial charge in [0.15, 0.2) is 0 Å². The van der Waals surface area contributed by atoms with Crippen molar-refractivity contribution in [2.45, 2.75) is 0 Å². The molecule has 7 nitrogen and oxygen atoms in total. The zero-order valence-corrected chi connectivity index (χ0v) is 13.9. The molecule has 0 atom stereocenters. The number of hydrogen-bond acceptors (Lipinski definition) is 7. The standard InChI is InChI=1S/H4O7P2.2Sr/c1-8(2,3)7-9(4,5)6;;/h(H2,1,2,3)(H2,4,5,6);;/q;2*+2/p-4. The molecule has 0 saturated heterocycles. The van der Waals surface area contributed by atoms with Gasteiger partial charge in [-0.2, -0.15) is 0 Å². The zero-order chi connectivity index (χ0) is 7.71. The van der Waals surface area contributed by atoms with Crippen molar-refractivity contribution in [2.75, 3.05) is 0 Å². The molecule has 0 radical (unpaired) electrons. The van der Waals surface area contributed by atoms with Gasteiger partial charge in [0.2, 0.25) is 0 Å². The molecule has 0 rings (SSSR count). The van der Waals surface area contributed by atoms with Gasteiger partial charge < -0.3 is 33.0 Å². The molecule has 0 aromatic carbocycles. The maximum absolute atomic E-state index is 9.32. The molecule has 0 bridgehead atoms. The SMILES string of the molecule is O=P([O-])([O-])OP(=O)([O-])[O-].[Sr+2].[Sr+2]. The quantitative estimate of drug-likeness (QED) is 0.365. The van der Waals surface area contributed by atoms with Crippen LogP contribution in [0.5, 0.6) is 0 Å². The number of phosphoric acid groups is 2. The third kappa shape index (κ3) is 19.6. The van der Waals surface area contributed by atoms with Gasteiger partial charge in [-0.15, -0.1) is 0 Å². The fourth-order valence-corrected chi connectivity index (χ4v) is 1.10. The van der Waals surface area contributed by atoms with E-state index in [9.17, 15) is 28.7 Å². The van der Waals surface area contributed by atoms with E-state index < -0.39 is 15.6 Å². The zero-order valence-electron chi connectivity index (χ0n) is 5.17. The minimum Gasteiger partial charge on any atom is -0.790 e. The molecule has 0 aromatic rings. The van der Waals surface area contributed by atoms with E-state index in [1.165, 1.54) is 0 Å². The molecule has 0 aliphatic rings. The predicted molar refractivity (Wildman–Crippen MR) is 27.8 cm³/mol. The molecule has 0 aliphatic carbocycles. The second-order valence-corrected chi connectivity index (χ2v) is 3.42. The van der Waals surface area contributed by atoms with Crippen molar-refractivity contribution < 1.29 is 33.0 Å². The molecule has 0 fully saturated rings. The topological polar surface area (TPSA) is 136 Å². The van der Waals surface area contributed by atoms with E-state index in [2.05, 4.69) is 4.31 Å². The van der Waals surface area contributed by atoms with Gasteiger partial charge >= 0.3 is 91.0 Å². The van der Waals surface area contributed by atoms with Gasteiger partial charge in [0.05, 0.1) is 15.6 Å². The molecule has 0 heterocycles. The number of rotatable bonds is 2. The van der Waals surface area contributed by atoms with Crippen LogP contribution in [0, 0.1) is 0 Å². The van der Waals surface area contributed by atoms with Gasteiger partial charge in [-0.1, -0.05) is 0 Å². The van der Waals surface area contributed by atoms with Gasteiger partial charge in [-0.25, -0.2) is 0 Å². The van der Waals surface area contributed by atoms with Crippen LogP contribution in [0.2, 0.25) is 0 Å². The normalized spacial score (nSPS) is 11.3. The molecular formula is O7P2Sr2. The van der Waals surface area contributed by atoms with Crippen molar-refractivity contribution >= 4 is 107 Å². The third-order valence-electron chi connectivity index (χ3n) is 0.200. The van der Waals surface area contributed by atoms with Gasteiger partial charge in [-0.3, -0.25) is 0 Å². The first-order chi connectivity index (χ1) is 3.71. The maximum Gasteiger partial charge on any atom is 2.00 e. The summed E-state index contributed by atoms with van der Waals surface area (Å²) in [5.74, 6) is 0. The van der Waals surface area contributed by atoms with Crippen molar-refractivity contribution in [1.82, 2.24) is 0 Å². The summed E-state index contributed by atoms with van der Waals surface area (Å²) in [7, 11) is -11.4. The van der Waals surface area contributed by atoms with E-state index in [4.69, 9.17) is 0 Å². The minimum absolute atomic E-state index is 0. The van der Waals surface area contributed by atoms with Crippen LogP contribution in [0.15, 0.2) is 0 Å². The van der Waals surface area contributed by atoms with Gasteiger partial charge in [0, 0.05) is 0 Å². The first-order valence-electron chi connectivity index (χ1n) is 1.46. The van der Waals surface area contributed by atoms with Crippen LogP contribution < -0.4 is 19.6 Å². The minimum atomic E-state index is -5.68. The molecule has 0 N–H and O–H groups in total. The van der Waals surface area contributed by atoms with Crippen LogP contribution >= 0.6 is 15.6 Å². The Morgan fingerprint density at radius 3 is 1.00 bits per heavy atom. The van der Waals surface area contributed by atoms with Gasteiger partial charge in [0.1, 0.15) is 0 Å². The van der Waals surface area contributed by atoms with Crippen LogP contribution in [0.4, 0.5) is 0 Å². The molecule has 0 aromatic heterocycles. The Labute approximate surface area is 137 Å². The largest absolute Gasteiger partial charge is 2.00 e. The average Bonchev–Trinajstić information content (AvgIpc) is 1.14. The van der Waals surface area contributed by atoms with Crippen LogP contribution in [0.3, 0.4) is 0 Å². The summed E-state index contributed by atoms with van der Waals surface area (Å²) >= 11 is 0. The Hall–Kier alpha value is 3.22. The Morgan fingerprint density at radius 2 is 1.00 bits per heavy atom. The van der Waals surface area contributed by atoms with E-state index in [1.54, 1.807) is 0 Å². The van der Waals surface area contributed by atoms with Gasteiger partial charge in [-0.05, 0) is 0 Å². The van der Waals surface area contributed by atoms with Crippen LogP contribution in [0.25, 0.3) is 0 Å². The average molecular weight is 349 g/mol. The first kappa shape index (κ1) is 19.7. The summed E-state index contributed by atoms with van der Waals surface area (Å²) in [4.78, 5) is 37.3. The molecule has 0 amide bonds. The van der Waals surface area contributed by atoms with E-state index in [0.29, 0.717) is 0 Å². The van der Waals surface area contributed by atoms with Crippen molar-refractivity contribution in [3.63, 3.8) is 0 Å². The van der Waals surface area contributed by atoms with E-state index >= 15 is 0 Å². The van der Waals surface area contributed by atoms with E-state index in [1.807, 2.05) is 0 Å². The molecule has 0 unspecified atom stereocenters. The summed E-state index contributed by atoms with van der Waals surface area (Å²) in [5, 5.41) is 0. The van der Waals surface area contributed by atoms with Crippen molar-refractivity contribution in [2.24, 2.45) is 0 Å². The van der Waals surface area contributed by atoms with Crippen LogP contribution in [0.1, 0.15) is 0 Å². The summed E-state index contributed by atoms with van der Waals surface area (Å²) in [5.41, 5.74) is 0. The summed E-state index contributed by atoms with van der Waals surface area (Å²) < 4.78 is 21.2. The molecule has 56 valence electrons. The van der Waals surface area contributed by atoms with E-state index in [-0.39, 0.29) is 91.0 Å². The van der Waals surface area contributed by atoms with Gasteiger partial charge in [0.25, 0.3) is 0 Å². The maximum atomic E-state index is 9.32. The molecule has 11 heavy (non-hydrogen) atoms. The molecule has 0 aliphatic heterocycles. The third-order valence-corrected chi connectivity index (χ3v) is 1.80. The summed E-state index contributed by atoms with van der Waals surface area (Å²) in [6.45, 7) is 0. The van der Waals surface area contributed by atoms with Crippen molar-refractivity contribution in [3.8, 4) is 0 Å². The Bertz CT molecular complexity index is 155. The Morgan fingerprint density at radius 1 is 0.818 bits per heavy atom. The smallest absolute Gasteiger partial charge is 0.790 e. The Balaban J connectivity index is -0.000000320. The van der Waals surface area contributed by atoms with Crippen molar-refractivity contribution in [3.05, 3.63) is 0 Å². The molecule has 0 spiro atoms. The van der Waals surface area contributed by atoms with Crippen LogP contribution in [-0.4, -0.2) is 91.0 Å². The Kier molecular flexibility index (Phi) is 13.5. The monoisotopic (exact) mass is 350 g/mol. The summed E-state index contributed by atoms with van der Waals surface area (Å²) in [6, 6.07) is 0. The predicted octanol–water partition coefficient (Wildman–Crippen LogP) is -4.10.